The van der Waals surface area contributed by atoms with E-state index >= 15 is 0 Å². The first-order valence-corrected chi connectivity index (χ1v) is 7.00. The molecule has 0 aliphatic heterocycles. The number of benzene rings is 1. The summed E-state index contributed by atoms with van der Waals surface area (Å²) in [7, 11) is 0. The highest BCUT2D eigenvalue weighted by molar-refractivity contribution is 5.95. The van der Waals surface area contributed by atoms with Crippen LogP contribution in [0.1, 0.15) is 20.8 Å². The minimum atomic E-state index is -0.565. The third-order valence-electron chi connectivity index (χ3n) is 2.87. The van der Waals surface area contributed by atoms with E-state index in [1.54, 1.807) is 24.3 Å². The second kappa shape index (κ2) is 10.0. The zero-order valence-electron chi connectivity index (χ0n) is 13.1. The zero-order valence-corrected chi connectivity index (χ0v) is 13.9. The fourth-order valence-electron chi connectivity index (χ4n) is 1.59. The molecule has 4 N–H and O–H groups in total. The van der Waals surface area contributed by atoms with E-state index in [2.05, 4.69) is 10.6 Å². The summed E-state index contributed by atoms with van der Waals surface area (Å²) in [5.74, 6) is 0.138. The molecule has 1 aromatic carbocycles. The van der Waals surface area contributed by atoms with E-state index in [-0.39, 0.29) is 36.7 Å². The third-order valence-corrected chi connectivity index (χ3v) is 2.87. The maximum Gasteiger partial charge on any atom is 0.257 e. The molecule has 0 bridgehead atoms. The van der Waals surface area contributed by atoms with E-state index in [0.29, 0.717) is 18.0 Å². The van der Waals surface area contributed by atoms with Crippen LogP contribution in [-0.2, 0) is 9.59 Å². The molecule has 0 radical (unpaired) electrons. The van der Waals surface area contributed by atoms with E-state index < -0.39 is 6.04 Å². The van der Waals surface area contributed by atoms with Crippen molar-refractivity contribution in [3.8, 4) is 5.75 Å². The molecular formula is C15H24ClN3O3. The number of hydrogen-bond donors (Lipinski definition) is 3. The highest BCUT2D eigenvalue weighted by atomic mass is 35.5. The van der Waals surface area contributed by atoms with E-state index in [1.165, 1.54) is 0 Å². The maximum atomic E-state index is 11.9. The number of halogens is 1. The quantitative estimate of drug-likeness (QED) is 0.707. The lowest BCUT2D eigenvalue weighted by Crippen LogP contribution is -2.39. The van der Waals surface area contributed by atoms with Crippen molar-refractivity contribution in [1.29, 1.82) is 0 Å². The molecule has 22 heavy (non-hydrogen) atoms. The van der Waals surface area contributed by atoms with Crippen molar-refractivity contribution in [3.05, 3.63) is 24.3 Å². The number of carbonyl (C=O) groups excluding carboxylic acids is 2. The largest absolute Gasteiger partial charge is 0.484 e. The van der Waals surface area contributed by atoms with Crippen LogP contribution in [0.3, 0.4) is 0 Å². The number of anilines is 1. The predicted molar refractivity (Wildman–Crippen MR) is 89.3 cm³/mol. The fourth-order valence-corrected chi connectivity index (χ4v) is 1.59. The number of amides is 2. The summed E-state index contributed by atoms with van der Waals surface area (Å²) in [6.07, 6.45) is 0. The van der Waals surface area contributed by atoms with Crippen LogP contribution in [-0.4, -0.2) is 31.0 Å². The number of hydrogen-bond acceptors (Lipinski definition) is 4. The van der Waals surface area contributed by atoms with Gasteiger partial charge in [0, 0.05) is 18.3 Å². The van der Waals surface area contributed by atoms with Crippen molar-refractivity contribution in [2.75, 3.05) is 18.5 Å². The Kier molecular flexibility index (Phi) is 9.21. The molecule has 0 heterocycles. The normalized spacial score (nSPS) is 11.3. The molecule has 0 spiro atoms. The van der Waals surface area contributed by atoms with Crippen LogP contribution in [0.2, 0.25) is 0 Å². The van der Waals surface area contributed by atoms with E-state index in [4.69, 9.17) is 10.5 Å². The summed E-state index contributed by atoms with van der Waals surface area (Å²) in [5, 5.41) is 5.37. The fraction of sp³-hybridized carbons (Fsp3) is 0.467. The Morgan fingerprint density at radius 2 is 2.00 bits per heavy atom. The Morgan fingerprint density at radius 3 is 2.59 bits per heavy atom. The molecule has 1 atom stereocenters. The van der Waals surface area contributed by atoms with Crippen LogP contribution in [0.15, 0.2) is 24.3 Å². The van der Waals surface area contributed by atoms with E-state index in [9.17, 15) is 9.59 Å². The molecule has 0 unspecified atom stereocenters. The highest BCUT2D eigenvalue weighted by Crippen LogP contribution is 2.17. The number of likely N-dealkylation sites (N-methyl/N-ethyl adjacent to an activating group) is 1. The van der Waals surface area contributed by atoms with Crippen LogP contribution in [0.25, 0.3) is 0 Å². The highest BCUT2D eigenvalue weighted by Gasteiger charge is 2.17. The van der Waals surface area contributed by atoms with Crippen molar-refractivity contribution in [2.45, 2.75) is 26.8 Å². The van der Waals surface area contributed by atoms with Crippen molar-refractivity contribution in [3.63, 3.8) is 0 Å². The van der Waals surface area contributed by atoms with Gasteiger partial charge in [-0.15, -0.1) is 12.4 Å². The Labute approximate surface area is 137 Å². The first-order chi connectivity index (χ1) is 9.93. The molecule has 124 valence electrons. The number of ether oxygens (including phenoxy) is 1. The van der Waals surface area contributed by atoms with Gasteiger partial charge in [-0.2, -0.15) is 0 Å². The lowest BCUT2D eigenvalue weighted by atomic mass is 10.0. The van der Waals surface area contributed by atoms with Crippen molar-refractivity contribution < 1.29 is 14.3 Å². The van der Waals surface area contributed by atoms with Crippen LogP contribution >= 0.6 is 12.4 Å². The lowest BCUT2D eigenvalue weighted by molar-refractivity contribution is -0.123. The van der Waals surface area contributed by atoms with Crippen LogP contribution in [0, 0.1) is 5.92 Å². The van der Waals surface area contributed by atoms with Crippen LogP contribution in [0.5, 0.6) is 5.75 Å². The first kappa shape index (κ1) is 20.2. The second-order valence-electron chi connectivity index (χ2n) is 5.03. The minimum Gasteiger partial charge on any atom is -0.484 e. The van der Waals surface area contributed by atoms with Gasteiger partial charge in [-0.25, -0.2) is 0 Å². The number of carbonyl (C=O) groups is 2. The van der Waals surface area contributed by atoms with Gasteiger partial charge in [0.25, 0.3) is 5.91 Å². The average molecular weight is 330 g/mol. The molecule has 1 aromatic rings. The Bertz CT molecular complexity index is 495. The summed E-state index contributed by atoms with van der Waals surface area (Å²) in [6, 6.07) is 6.29. The van der Waals surface area contributed by atoms with Crippen molar-refractivity contribution in [1.82, 2.24) is 5.32 Å². The summed E-state index contributed by atoms with van der Waals surface area (Å²) in [6.45, 7) is 6.11. The number of nitrogens with two attached hydrogens (primary N) is 1. The Morgan fingerprint density at radius 1 is 1.32 bits per heavy atom. The van der Waals surface area contributed by atoms with Gasteiger partial charge in [0.1, 0.15) is 5.75 Å². The van der Waals surface area contributed by atoms with Gasteiger partial charge in [-0.3, -0.25) is 9.59 Å². The zero-order chi connectivity index (χ0) is 15.8. The van der Waals surface area contributed by atoms with E-state index in [1.807, 2.05) is 20.8 Å². The van der Waals surface area contributed by atoms with Gasteiger partial charge in [-0.1, -0.05) is 19.9 Å². The maximum absolute atomic E-state index is 11.9. The number of rotatable bonds is 7. The van der Waals surface area contributed by atoms with Gasteiger partial charge in [0.05, 0.1) is 6.04 Å². The SMILES string of the molecule is CCNC(=O)COc1cccc(NC(=O)[C@@H](N)C(C)C)c1.Cl. The molecule has 1 rings (SSSR count). The molecular weight excluding hydrogens is 306 g/mol. The molecule has 6 nitrogen and oxygen atoms in total. The molecule has 7 heteroatoms. The second-order valence-corrected chi connectivity index (χ2v) is 5.03. The summed E-state index contributed by atoms with van der Waals surface area (Å²) < 4.78 is 5.36. The van der Waals surface area contributed by atoms with Gasteiger partial charge in [0.15, 0.2) is 6.61 Å². The molecule has 2 amide bonds. The molecule has 0 saturated heterocycles. The van der Waals surface area contributed by atoms with Gasteiger partial charge < -0.3 is 21.1 Å². The topological polar surface area (TPSA) is 93.5 Å². The Hall–Kier alpha value is -1.79. The third kappa shape index (κ3) is 6.78. The van der Waals surface area contributed by atoms with Crippen LogP contribution < -0.4 is 21.1 Å². The lowest BCUT2D eigenvalue weighted by Gasteiger charge is -2.15. The summed E-state index contributed by atoms with van der Waals surface area (Å²) in [4.78, 5) is 23.2. The molecule has 0 aromatic heterocycles. The van der Waals surface area contributed by atoms with Crippen molar-refractivity contribution >= 4 is 29.9 Å². The van der Waals surface area contributed by atoms with Gasteiger partial charge >= 0.3 is 0 Å². The van der Waals surface area contributed by atoms with Gasteiger partial charge in [-0.05, 0) is 25.0 Å². The molecule has 0 saturated carbocycles. The van der Waals surface area contributed by atoms with Crippen molar-refractivity contribution in [2.24, 2.45) is 11.7 Å². The standard InChI is InChI=1S/C15H23N3O3.ClH/c1-4-17-13(19)9-21-12-7-5-6-11(8-12)18-15(20)14(16)10(2)3;/h5-8,10,14H,4,9,16H2,1-3H3,(H,17,19)(H,18,20);1H/t14-;/m0./s1. The summed E-state index contributed by atoms with van der Waals surface area (Å²) >= 11 is 0. The minimum absolute atomic E-state index is 0. The molecule has 0 aliphatic rings. The smallest absolute Gasteiger partial charge is 0.257 e. The molecule has 0 fully saturated rings. The average Bonchev–Trinajstić information content (AvgIpc) is 2.45. The Balaban J connectivity index is 0.00000441. The van der Waals surface area contributed by atoms with Crippen LogP contribution in [0.4, 0.5) is 5.69 Å². The van der Waals surface area contributed by atoms with E-state index in [0.717, 1.165) is 0 Å². The molecule has 0 aliphatic carbocycles. The predicted octanol–water partition coefficient (Wildman–Crippen LogP) is 1.55. The summed E-state index contributed by atoms with van der Waals surface area (Å²) in [5.41, 5.74) is 6.37. The van der Waals surface area contributed by atoms with Gasteiger partial charge in [0.2, 0.25) is 5.91 Å². The first-order valence-electron chi connectivity index (χ1n) is 7.00. The number of nitrogens with one attached hydrogen (secondary N) is 2. The monoisotopic (exact) mass is 329 g/mol.